The highest BCUT2D eigenvalue weighted by Gasteiger charge is 2.55. The lowest BCUT2D eigenvalue weighted by molar-refractivity contribution is -0.300. The van der Waals surface area contributed by atoms with E-state index in [2.05, 4.69) is 0 Å². The van der Waals surface area contributed by atoms with Crippen molar-refractivity contribution in [2.75, 3.05) is 13.2 Å². The Morgan fingerprint density at radius 3 is 0.839 bits per heavy atom. The van der Waals surface area contributed by atoms with Gasteiger partial charge in [-0.1, -0.05) is 55.4 Å². The van der Waals surface area contributed by atoms with Crippen LogP contribution in [0.5, 0.6) is 0 Å². The molecule has 0 aromatic carbocycles. The quantitative estimate of drug-likeness (QED) is 0.0852. The zero-order valence-electron chi connectivity index (χ0n) is 36.0. The van der Waals surface area contributed by atoms with Gasteiger partial charge in [0.05, 0.1) is 0 Å². The highest BCUT2D eigenvalue weighted by molar-refractivity contribution is 5.91. The normalized spacial score (nSPS) is 25.5. The summed E-state index contributed by atoms with van der Waals surface area (Å²) in [4.78, 5) is 126. The fraction of sp³-hybridized carbons (Fsp3) is 0.700. The summed E-state index contributed by atoms with van der Waals surface area (Å²) >= 11 is 0. The van der Waals surface area contributed by atoms with Gasteiger partial charge in [-0.3, -0.25) is 38.4 Å². The van der Waals surface area contributed by atoms with Crippen molar-refractivity contribution in [3.05, 3.63) is 12.2 Å². The number of ether oxygens (including phenoxy) is 12. The highest BCUT2D eigenvalue weighted by Crippen LogP contribution is 2.32. The van der Waals surface area contributed by atoms with Crippen LogP contribution in [0.25, 0.3) is 0 Å². The van der Waals surface area contributed by atoms with E-state index in [0.717, 1.165) is 0 Å². The first-order chi connectivity index (χ1) is 29.5. The van der Waals surface area contributed by atoms with Crippen molar-refractivity contribution in [1.29, 1.82) is 0 Å². The SMILES string of the molecule is CCC(=O)OC[C@H]1O[C@H](OC(=O)/C=C/C(=O)O[C@H]2O[C@H](COC(=O)CC)[C@@H](OC(=O)CC)[C@H](OC(=O)CC)[C@H]2OC(=O)CC)[C@H](OC(=O)CC)[C@@H](OC(=O)CC)[C@@H]1OC(=O)CC. The molecule has 2 aliphatic heterocycles. The van der Waals surface area contributed by atoms with E-state index in [1.54, 1.807) is 0 Å². The molecule has 0 aliphatic carbocycles. The lowest BCUT2D eigenvalue weighted by Crippen LogP contribution is -2.63. The molecule has 2 fully saturated rings. The van der Waals surface area contributed by atoms with E-state index in [4.69, 9.17) is 56.8 Å². The number of hydrogen-bond donors (Lipinski definition) is 0. The van der Waals surface area contributed by atoms with Gasteiger partial charge in [0, 0.05) is 63.5 Å². The molecule has 2 aliphatic rings. The summed E-state index contributed by atoms with van der Waals surface area (Å²) in [6, 6.07) is 0. The molecule has 2 heterocycles. The predicted molar refractivity (Wildman–Crippen MR) is 202 cm³/mol. The molecule has 0 unspecified atom stereocenters. The van der Waals surface area contributed by atoms with Crippen molar-refractivity contribution >= 4 is 59.7 Å². The molecule has 2 saturated heterocycles. The number of rotatable bonds is 22. The zero-order valence-corrected chi connectivity index (χ0v) is 36.0. The fourth-order valence-corrected chi connectivity index (χ4v) is 5.43. The van der Waals surface area contributed by atoms with Gasteiger partial charge in [0.25, 0.3) is 0 Å². The molecule has 10 atom stereocenters. The third-order valence-electron chi connectivity index (χ3n) is 8.73. The Labute approximate surface area is 357 Å². The molecule has 0 radical (unpaired) electrons. The van der Waals surface area contributed by atoms with Crippen molar-refractivity contribution in [2.45, 2.75) is 168 Å². The second-order valence-corrected chi connectivity index (χ2v) is 13.2. The molecule has 0 aromatic heterocycles. The second-order valence-electron chi connectivity index (χ2n) is 13.2. The fourth-order valence-electron chi connectivity index (χ4n) is 5.43. The van der Waals surface area contributed by atoms with E-state index in [9.17, 15) is 47.9 Å². The Morgan fingerprint density at radius 1 is 0.339 bits per heavy atom. The Kier molecular flexibility index (Phi) is 22.6. The van der Waals surface area contributed by atoms with Crippen LogP contribution >= 0.6 is 0 Å². The van der Waals surface area contributed by atoms with Crippen molar-refractivity contribution in [1.82, 2.24) is 0 Å². The van der Waals surface area contributed by atoms with Gasteiger partial charge in [0.15, 0.2) is 24.4 Å². The second kappa shape index (κ2) is 26.6. The molecule has 0 spiro atoms. The lowest BCUT2D eigenvalue weighted by atomic mass is 9.98. The largest absolute Gasteiger partial charge is 0.463 e. The molecule has 2 rings (SSSR count). The first kappa shape index (κ1) is 52.5. The first-order valence-corrected chi connectivity index (χ1v) is 20.4. The molecule has 348 valence electrons. The topological polar surface area (TPSA) is 281 Å². The molecule has 0 aromatic rings. The van der Waals surface area contributed by atoms with Crippen molar-refractivity contribution in [3.8, 4) is 0 Å². The van der Waals surface area contributed by atoms with Gasteiger partial charge in [-0.25, -0.2) is 9.59 Å². The average molecular weight is 889 g/mol. The Bertz CT molecular complexity index is 1510. The third-order valence-corrected chi connectivity index (χ3v) is 8.73. The molecule has 0 bridgehead atoms. The van der Waals surface area contributed by atoms with Gasteiger partial charge in [0.1, 0.15) is 25.4 Å². The molecule has 62 heavy (non-hydrogen) atoms. The molecule has 22 heteroatoms. The number of hydrogen-bond acceptors (Lipinski definition) is 22. The summed E-state index contributed by atoms with van der Waals surface area (Å²) < 4.78 is 66.1. The van der Waals surface area contributed by atoms with Crippen LogP contribution in [0.15, 0.2) is 12.2 Å². The van der Waals surface area contributed by atoms with E-state index < -0.39 is 134 Å². The molecular formula is C40H56O22. The van der Waals surface area contributed by atoms with Crippen LogP contribution in [0, 0.1) is 0 Å². The Balaban J connectivity index is 2.53. The maximum atomic E-state index is 13.3. The summed E-state index contributed by atoms with van der Waals surface area (Å²) in [5.74, 6) is -9.12. The average Bonchev–Trinajstić information content (AvgIpc) is 3.26. The predicted octanol–water partition coefficient (Wildman–Crippen LogP) is 1.92. The van der Waals surface area contributed by atoms with E-state index >= 15 is 0 Å². The number of esters is 10. The van der Waals surface area contributed by atoms with Gasteiger partial charge >= 0.3 is 59.7 Å². The van der Waals surface area contributed by atoms with E-state index in [-0.39, 0.29) is 51.4 Å². The minimum atomic E-state index is -1.93. The van der Waals surface area contributed by atoms with E-state index in [1.165, 1.54) is 55.4 Å². The van der Waals surface area contributed by atoms with Crippen LogP contribution in [0.2, 0.25) is 0 Å². The number of carbonyl (C=O) groups excluding carboxylic acids is 10. The number of carbonyl (C=O) groups is 10. The van der Waals surface area contributed by atoms with Crippen LogP contribution in [0.4, 0.5) is 0 Å². The molecule has 0 N–H and O–H groups in total. The highest BCUT2D eigenvalue weighted by atomic mass is 16.8. The Hall–Kier alpha value is -5.64. The van der Waals surface area contributed by atoms with Crippen molar-refractivity contribution in [3.63, 3.8) is 0 Å². The molecule has 0 amide bonds. The first-order valence-electron chi connectivity index (χ1n) is 20.4. The van der Waals surface area contributed by atoms with Gasteiger partial charge < -0.3 is 56.8 Å². The Morgan fingerprint density at radius 2 is 0.581 bits per heavy atom. The van der Waals surface area contributed by atoms with Crippen LogP contribution in [0.3, 0.4) is 0 Å². The van der Waals surface area contributed by atoms with E-state index in [1.807, 2.05) is 0 Å². The maximum Gasteiger partial charge on any atom is 0.333 e. The smallest absolute Gasteiger partial charge is 0.333 e. The molecule has 22 nitrogen and oxygen atoms in total. The van der Waals surface area contributed by atoms with Crippen LogP contribution < -0.4 is 0 Å². The van der Waals surface area contributed by atoms with Crippen LogP contribution in [-0.4, -0.2) is 134 Å². The standard InChI is InChI=1S/C40H56O22/c1-9-23(41)51-19-21-33(55-25(43)11-3)35(57-27(45)13-5)37(59-29(47)15-7)39(53-21)61-31(49)17-18-32(50)62-40-38(60-30(48)16-8)36(58-28(46)14-6)34(56-26(44)12-4)22(54-40)20-52-24(42)10-2/h17-18,21-22,33-40H,9-16,19-20H2,1-8H3/b18-17+/t21-,22-,33-,34-,35+,36+,37-,38-,39-,40-/m1/s1. The van der Waals surface area contributed by atoms with Gasteiger partial charge in [-0.05, 0) is 0 Å². The van der Waals surface area contributed by atoms with Gasteiger partial charge in [0.2, 0.25) is 24.8 Å². The van der Waals surface area contributed by atoms with E-state index in [0.29, 0.717) is 12.2 Å². The monoisotopic (exact) mass is 888 g/mol. The summed E-state index contributed by atoms with van der Waals surface area (Å²) in [7, 11) is 0. The summed E-state index contributed by atoms with van der Waals surface area (Å²) in [6.45, 7) is 10.5. The summed E-state index contributed by atoms with van der Waals surface area (Å²) in [5, 5.41) is 0. The maximum absolute atomic E-state index is 13.3. The van der Waals surface area contributed by atoms with Crippen molar-refractivity contribution < 1.29 is 105 Å². The lowest BCUT2D eigenvalue weighted by Gasteiger charge is -2.43. The summed E-state index contributed by atoms with van der Waals surface area (Å²) in [5.41, 5.74) is 0. The molecule has 0 saturated carbocycles. The van der Waals surface area contributed by atoms with Crippen LogP contribution in [-0.2, 0) is 105 Å². The zero-order chi connectivity index (χ0) is 46.5. The van der Waals surface area contributed by atoms with Gasteiger partial charge in [-0.2, -0.15) is 0 Å². The molecular weight excluding hydrogens is 832 g/mol. The van der Waals surface area contributed by atoms with Crippen LogP contribution in [0.1, 0.15) is 107 Å². The van der Waals surface area contributed by atoms with Crippen molar-refractivity contribution in [2.24, 2.45) is 0 Å². The minimum Gasteiger partial charge on any atom is -0.463 e. The third kappa shape index (κ3) is 16.3. The van der Waals surface area contributed by atoms with Gasteiger partial charge in [-0.15, -0.1) is 0 Å². The minimum absolute atomic E-state index is 0.0610. The summed E-state index contributed by atoms with van der Waals surface area (Å²) in [6.07, 6.45) is -16.8.